The highest BCUT2D eigenvalue weighted by molar-refractivity contribution is 7.10. The summed E-state index contributed by atoms with van der Waals surface area (Å²) in [5.74, 6) is -0.868. The second kappa shape index (κ2) is 7.96. The van der Waals surface area contributed by atoms with Gasteiger partial charge in [0.05, 0.1) is 16.8 Å². The van der Waals surface area contributed by atoms with Crippen molar-refractivity contribution in [1.82, 2.24) is 9.78 Å². The zero-order chi connectivity index (χ0) is 21.6. The van der Waals surface area contributed by atoms with E-state index in [0.717, 1.165) is 9.56 Å². The number of fused-ring (bicyclic) bond motifs is 1. The molecule has 2 unspecified atom stereocenters. The van der Waals surface area contributed by atoms with E-state index in [9.17, 15) is 18.0 Å². The third-order valence-electron chi connectivity index (χ3n) is 4.57. The molecule has 30 heavy (non-hydrogen) atoms. The average Bonchev–Trinajstić information content (AvgIpc) is 3.32. The number of aromatic nitrogens is 2. The summed E-state index contributed by atoms with van der Waals surface area (Å²) < 4.78 is 42.0. The molecule has 12 heteroatoms. The lowest BCUT2D eigenvalue weighted by atomic mass is 10.0. The van der Waals surface area contributed by atoms with Gasteiger partial charge in [-0.2, -0.15) is 18.3 Å². The highest BCUT2D eigenvalue weighted by Crippen LogP contribution is 2.47. The lowest BCUT2D eigenvalue weighted by Gasteiger charge is -2.32. The van der Waals surface area contributed by atoms with Crippen LogP contribution in [0, 0.1) is 0 Å². The third-order valence-corrected chi connectivity index (χ3v) is 6.48. The lowest BCUT2D eigenvalue weighted by molar-refractivity contribution is -0.173. The van der Waals surface area contributed by atoms with Gasteiger partial charge in [-0.15, -0.1) is 11.3 Å². The third kappa shape index (κ3) is 3.99. The molecule has 1 aromatic carbocycles. The number of carbonyl (C=O) groups is 1. The molecule has 0 bridgehead atoms. The number of benzene rings is 1. The summed E-state index contributed by atoms with van der Waals surface area (Å²) in [7, 11) is 0. The van der Waals surface area contributed by atoms with Crippen LogP contribution in [-0.2, 0) is 0 Å². The van der Waals surface area contributed by atoms with Crippen molar-refractivity contribution in [3.05, 3.63) is 61.4 Å². The maximum atomic E-state index is 13.8. The number of hydrogen-bond donors (Lipinski definition) is 2. The fourth-order valence-corrected chi connectivity index (χ4v) is 4.58. The molecule has 3 aromatic rings. The minimum atomic E-state index is -4.58. The number of carbonyl (C=O) groups excluding carboxylic acids is 1. The van der Waals surface area contributed by atoms with E-state index in [1.54, 1.807) is 17.5 Å². The monoisotopic (exact) mass is 494 g/mol. The van der Waals surface area contributed by atoms with Gasteiger partial charge in [-0.25, -0.2) is 4.68 Å². The van der Waals surface area contributed by atoms with Crippen LogP contribution in [0.2, 0.25) is 15.1 Å². The summed E-state index contributed by atoms with van der Waals surface area (Å²) in [6.45, 7) is 0. The van der Waals surface area contributed by atoms with Crippen molar-refractivity contribution in [2.75, 3.05) is 10.6 Å². The zero-order valence-corrected chi connectivity index (χ0v) is 17.9. The molecule has 0 radical (unpaired) electrons. The first-order valence-electron chi connectivity index (χ1n) is 8.56. The SMILES string of the molecule is O=C(Nc1cc(Cl)ccc1Cl)c1nn2c(c1Cl)NC(c1cccs1)CC2C(F)(F)F. The Balaban J connectivity index is 1.71. The van der Waals surface area contributed by atoms with Gasteiger partial charge < -0.3 is 10.6 Å². The van der Waals surface area contributed by atoms with Crippen LogP contribution >= 0.6 is 46.1 Å². The first kappa shape index (κ1) is 21.3. The standard InChI is InChI=1S/C18H12Cl3F3N4OS/c19-8-3-4-9(20)10(6-8)26-17(29)15-14(21)16-25-11(12-2-1-5-30-12)7-13(18(22,23)24)28(16)27-15/h1-6,11,13,25H,7H2,(H,26,29). The van der Waals surface area contributed by atoms with Gasteiger partial charge >= 0.3 is 6.18 Å². The lowest BCUT2D eigenvalue weighted by Crippen LogP contribution is -2.35. The Morgan fingerprint density at radius 3 is 2.70 bits per heavy atom. The number of amides is 1. The van der Waals surface area contributed by atoms with Crippen molar-refractivity contribution < 1.29 is 18.0 Å². The van der Waals surface area contributed by atoms with Crippen LogP contribution in [0.1, 0.15) is 33.9 Å². The predicted molar refractivity (Wildman–Crippen MR) is 112 cm³/mol. The van der Waals surface area contributed by atoms with Gasteiger partial charge in [-0.3, -0.25) is 4.79 Å². The van der Waals surface area contributed by atoms with Crippen LogP contribution in [0.5, 0.6) is 0 Å². The molecule has 5 nitrogen and oxygen atoms in total. The molecule has 1 aliphatic rings. The molecule has 2 atom stereocenters. The van der Waals surface area contributed by atoms with E-state index in [1.807, 2.05) is 0 Å². The number of hydrogen-bond acceptors (Lipinski definition) is 4. The van der Waals surface area contributed by atoms with Crippen LogP contribution in [0.4, 0.5) is 24.7 Å². The second-order valence-corrected chi connectivity index (χ2v) is 8.74. The Morgan fingerprint density at radius 2 is 2.03 bits per heavy atom. The Bertz CT molecular complexity index is 1100. The van der Waals surface area contributed by atoms with Crippen molar-refractivity contribution >= 4 is 63.6 Å². The first-order chi connectivity index (χ1) is 14.1. The number of halogens is 6. The van der Waals surface area contributed by atoms with Gasteiger partial charge in [0.25, 0.3) is 5.91 Å². The van der Waals surface area contributed by atoms with Gasteiger partial charge in [0.1, 0.15) is 10.8 Å². The molecule has 0 saturated carbocycles. The van der Waals surface area contributed by atoms with E-state index in [1.165, 1.54) is 29.5 Å². The van der Waals surface area contributed by atoms with Crippen LogP contribution < -0.4 is 10.6 Å². The molecule has 3 heterocycles. The zero-order valence-electron chi connectivity index (χ0n) is 14.8. The number of nitrogens with one attached hydrogen (secondary N) is 2. The van der Waals surface area contributed by atoms with E-state index in [-0.39, 0.29) is 33.7 Å². The molecular formula is C18H12Cl3F3N4OS. The van der Waals surface area contributed by atoms with Gasteiger partial charge in [-0.1, -0.05) is 40.9 Å². The Morgan fingerprint density at radius 1 is 1.27 bits per heavy atom. The van der Waals surface area contributed by atoms with Crippen molar-refractivity contribution in [2.45, 2.75) is 24.7 Å². The summed E-state index contributed by atoms with van der Waals surface area (Å²) in [6.07, 6.45) is -4.86. The molecular weight excluding hydrogens is 484 g/mol. The van der Waals surface area contributed by atoms with E-state index < -0.39 is 24.2 Å². The minimum Gasteiger partial charge on any atom is -0.361 e. The van der Waals surface area contributed by atoms with Crippen LogP contribution in [0.3, 0.4) is 0 Å². The largest absolute Gasteiger partial charge is 0.410 e. The molecule has 0 spiro atoms. The van der Waals surface area contributed by atoms with Gasteiger partial charge in [0, 0.05) is 16.3 Å². The Kier molecular flexibility index (Phi) is 5.65. The highest BCUT2D eigenvalue weighted by Gasteiger charge is 2.48. The minimum absolute atomic E-state index is 0.0639. The van der Waals surface area contributed by atoms with E-state index >= 15 is 0 Å². The van der Waals surface area contributed by atoms with E-state index in [4.69, 9.17) is 34.8 Å². The summed E-state index contributed by atoms with van der Waals surface area (Å²) >= 11 is 19.6. The van der Waals surface area contributed by atoms with Crippen molar-refractivity contribution in [3.63, 3.8) is 0 Å². The number of alkyl halides is 3. The topological polar surface area (TPSA) is 59.0 Å². The first-order valence-corrected chi connectivity index (χ1v) is 10.6. The second-order valence-electron chi connectivity index (χ2n) is 6.54. The van der Waals surface area contributed by atoms with Crippen LogP contribution in [0.25, 0.3) is 0 Å². The number of anilines is 2. The Labute approximate surface area is 187 Å². The summed E-state index contributed by atoms with van der Waals surface area (Å²) in [6, 6.07) is 5.37. The summed E-state index contributed by atoms with van der Waals surface area (Å²) in [5, 5.41) is 11.4. The quantitative estimate of drug-likeness (QED) is 0.419. The molecule has 1 amide bonds. The summed E-state index contributed by atoms with van der Waals surface area (Å²) in [5.41, 5.74) is -0.163. The van der Waals surface area contributed by atoms with E-state index in [2.05, 4.69) is 15.7 Å². The molecule has 0 aliphatic carbocycles. The van der Waals surface area contributed by atoms with Gasteiger partial charge in [0.2, 0.25) is 0 Å². The number of thiophene rings is 1. The van der Waals surface area contributed by atoms with Crippen LogP contribution in [0.15, 0.2) is 35.7 Å². The smallest absolute Gasteiger partial charge is 0.361 e. The molecule has 0 saturated heterocycles. The molecule has 1 aliphatic heterocycles. The predicted octanol–water partition coefficient (Wildman–Crippen LogP) is 6.82. The molecule has 158 valence electrons. The summed E-state index contributed by atoms with van der Waals surface area (Å²) in [4.78, 5) is 13.4. The molecule has 2 N–H and O–H groups in total. The normalized spacial score (nSPS) is 18.6. The highest BCUT2D eigenvalue weighted by atomic mass is 35.5. The van der Waals surface area contributed by atoms with Crippen LogP contribution in [-0.4, -0.2) is 21.9 Å². The fraction of sp³-hybridized carbons (Fsp3) is 0.222. The molecule has 2 aromatic heterocycles. The average molecular weight is 496 g/mol. The fourth-order valence-electron chi connectivity index (χ4n) is 3.19. The van der Waals surface area contributed by atoms with Gasteiger partial charge in [0.15, 0.2) is 11.7 Å². The maximum absolute atomic E-state index is 13.8. The van der Waals surface area contributed by atoms with Gasteiger partial charge in [-0.05, 0) is 29.6 Å². The van der Waals surface area contributed by atoms with Crippen molar-refractivity contribution in [1.29, 1.82) is 0 Å². The van der Waals surface area contributed by atoms with Crippen molar-refractivity contribution in [3.8, 4) is 0 Å². The molecule has 4 rings (SSSR count). The maximum Gasteiger partial charge on any atom is 0.410 e. The molecule has 0 fully saturated rings. The Hall–Kier alpha value is -1.94. The number of nitrogens with zero attached hydrogens (tertiary/aromatic N) is 2. The number of rotatable bonds is 3. The van der Waals surface area contributed by atoms with Crippen molar-refractivity contribution in [2.24, 2.45) is 0 Å². The van der Waals surface area contributed by atoms with E-state index in [0.29, 0.717) is 5.02 Å².